The summed E-state index contributed by atoms with van der Waals surface area (Å²) in [6.45, 7) is -0.705. The third-order valence-corrected chi connectivity index (χ3v) is 4.19. The van der Waals surface area contributed by atoms with Crippen molar-refractivity contribution in [2.24, 2.45) is 5.73 Å². The number of carbonyl (C=O) groups is 3. The fourth-order valence-corrected chi connectivity index (χ4v) is 2.55. The van der Waals surface area contributed by atoms with Gasteiger partial charge in [-0.3, -0.25) is 9.59 Å². The van der Waals surface area contributed by atoms with Gasteiger partial charge >= 0.3 is 6.09 Å². The summed E-state index contributed by atoms with van der Waals surface area (Å²) in [6, 6.07) is 15.0. The summed E-state index contributed by atoms with van der Waals surface area (Å²) in [7, 11) is 0. The Morgan fingerprint density at radius 1 is 1.00 bits per heavy atom. The van der Waals surface area contributed by atoms with E-state index in [2.05, 4.69) is 10.6 Å². The van der Waals surface area contributed by atoms with Gasteiger partial charge in [0.25, 0.3) is 0 Å². The van der Waals surface area contributed by atoms with E-state index in [1.165, 1.54) is 0 Å². The number of aliphatic hydroxyl groups excluding tert-OH is 1. The highest BCUT2D eigenvalue weighted by molar-refractivity contribution is 5.91. The molecule has 2 aromatic carbocycles. The molecule has 0 spiro atoms. The molecule has 9 heteroatoms. The van der Waals surface area contributed by atoms with Gasteiger partial charge in [0.1, 0.15) is 18.7 Å². The second-order valence-electron chi connectivity index (χ2n) is 6.42. The van der Waals surface area contributed by atoms with Gasteiger partial charge in [-0.05, 0) is 23.3 Å². The summed E-state index contributed by atoms with van der Waals surface area (Å²) >= 11 is 0. The van der Waals surface area contributed by atoms with Crippen molar-refractivity contribution in [2.45, 2.75) is 25.1 Å². The SMILES string of the molecule is N#Cc1ccc(C[C@@H](NC(=O)[C@H](CO)NC(=O)OCc2ccccc2)C(N)=O)cc1. The van der Waals surface area contributed by atoms with Crippen LogP contribution < -0.4 is 16.4 Å². The Hall–Kier alpha value is -3.90. The monoisotopic (exact) mass is 410 g/mol. The molecule has 0 radical (unpaired) electrons. The maximum Gasteiger partial charge on any atom is 0.408 e. The minimum Gasteiger partial charge on any atom is -0.445 e. The molecule has 2 atom stereocenters. The summed E-state index contributed by atoms with van der Waals surface area (Å²) < 4.78 is 5.02. The molecular formula is C21H22N4O5. The number of primary amides is 1. The van der Waals surface area contributed by atoms with Crippen LogP contribution in [-0.4, -0.2) is 41.7 Å². The van der Waals surface area contributed by atoms with Crippen LogP contribution in [0.15, 0.2) is 54.6 Å². The first-order valence-electron chi connectivity index (χ1n) is 9.09. The van der Waals surface area contributed by atoms with Gasteiger partial charge in [0.05, 0.1) is 18.2 Å². The molecule has 0 fully saturated rings. The van der Waals surface area contributed by atoms with Crippen molar-refractivity contribution in [2.75, 3.05) is 6.61 Å². The van der Waals surface area contributed by atoms with Crippen molar-refractivity contribution in [3.05, 3.63) is 71.3 Å². The number of aliphatic hydroxyl groups is 1. The van der Waals surface area contributed by atoms with Gasteiger partial charge in [-0.1, -0.05) is 42.5 Å². The minimum absolute atomic E-state index is 0.00492. The van der Waals surface area contributed by atoms with Crippen LogP contribution in [0, 0.1) is 11.3 Å². The van der Waals surface area contributed by atoms with E-state index in [1.807, 2.05) is 12.1 Å². The van der Waals surface area contributed by atoms with Gasteiger partial charge < -0.3 is 26.2 Å². The third-order valence-electron chi connectivity index (χ3n) is 4.19. The number of carbonyl (C=O) groups excluding carboxylic acids is 3. The van der Waals surface area contributed by atoms with E-state index in [4.69, 9.17) is 15.7 Å². The summed E-state index contributed by atoms with van der Waals surface area (Å²) in [5, 5.41) is 22.9. The highest BCUT2D eigenvalue weighted by Crippen LogP contribution is 2.07. The van der Waals surface area contributed by atoms with E-state index in [-0.39, 0.29) is 13.0 Å². The van der Waals surface area contributed by atoms with Gasteiger partial charge in [-0.15, -0.1) is 0 Å². The lowest BCUT2D eigenvalue weighted by Gasteiger charge is -2.20. The fourth-order valence-electron chi connectivity index (χ4n) is 2.55. The molecule has 0 aromatic heterocycles. The lowest BCUT2D eigenvalue weighted by Crippen LogP contribution is -2.54. The number of ether oxygens (including phenoxy) is 1. The van der Waals surface area contributed by atoms with Crippen LogP contribution in [0.5, 0.6) is 0 Å². The van der Waals surface area contributed by atoms with Crippen molar-refractivity contribution in [1.29, 1.82) is 5.26 Å². The number of benzene rings is 2. The minimum atomic E-state index is -1.32. The van der Waals surface area contributed by atoms with E-state index >= 15 is 0 Å². The third kappa shape index (κ3) is 6.92. The number of nitriles is 1. The topological polar surface area (TPSA) is 155 Å². The maximum absolute atomic E-state index is 12.4. The zero-order chi connectivity index (χ0) is 21.9. The Balaban J connectivity index is 1.92. The summed E-state index contributed by atoms with van der Waals surface area (Å²) in [5.41, 5.74) is 7.25. The molecule has 2 rings (SSSR count). The summed E-state index contributed by atoms with van der Waals surface area (Å²) in [6.07, 6.45) is -0.806. The molecule has 0 aliphatic heterocycles. The molecule has 0 heterocycles. The largest absolute Gasteiger partial charge is 0.445 e. The molecule has 3 amide bonds. The Labute approximate surface area is 173 Å². The van der Waals surface area contributed by atoms with Crippen molar-refractivity contribution >= 4 is 17.9 Å². The predicted molar refractivity (Wildman–Crippen MR) is 107 cm³/mol. The van der Waals surface area contributed by atoms with E-state index in [0.29, 0.717) is 11.1 Å². The zero-order valence-corrected chi connectivity index (χ0v) is 16.1. The number of nitrogens with zero attached hydrogens (tertiary/aromatic N) is 1. The molecular weight excluding hydrogens is 388 g/mol. The molecule has 9 nitrogen and oxygen atoms in total. The molecule has 0 unspecified atom stereocenters. The molecule has 2 aromatic rings. The molecule has 5 N–H and O–H groups in total. The smallest absolute Gasteiger partial charge is 0.408 e. The second-order valence-corrected chi connectivity index (χ2v) is 6.42. The number of alkyl carbamates (subject to hydrolysis) is 1. The first kappa shape index (κ1) is 22.4. The summed E-state index contributed by atoms with van der Waals surface area (Å²) in [4.78, 5) is 36.1. The highest BCUT2D eigenvalue weighted by atomic mass is 16.5. The molecule has 156 valence electrons. The van der Waals surface area contributed by atoms with Gasteiger partial charge in [-0.25, -0.2) is 4.79 Å². The molecule has 0 bridgehead atoms. The Morgan fingerprint density at radius 2 is 1.67 bits per heavy atom. The van der Waals surface area contributed by atoms with E-state index in [0.717, 1.165) is 5.56 Å². The lowest BCUT2D eigenvalue weighted by molar-refractivity contribution is -0.129. The van der Waals surface area contributed by atoms with Crippen molar-refractivity contribution < 1.29 is 24.2 Å². The van der Waals surface area contributed by atoms with Crippen molar-refractivity contribution in [1.82, 2.24) is 10.6 Å². The van der Waals surface area contributed by atoms with Crippen LogP contribution in [0.1, 0.15) is 16.7 Å². The lowest BCUT2D eigenvalue weighted by atomic mass is 10.0. The van der Waals surface area contributed by atoms with Crippen molar-refractivity contribution in [3.63, 3.8) is 0 Å². The van der Waals surface area contributed by atoms with E-state index in [9.17, 15) is 19.5 Å². The van der Waals surface area contributed by atoms with Crippen LogP contribution in [-0.2, 0) is 27.4 Å². The standard InChI is InChI=1S/C21H22N4O5/c22-11-15-8-6-14(7-9-15)10-17(19(23)27)24-20(28)18(12-26)25-21(29)30-13-16-4-2-1-3-5-16/h1-9,17-18,26H,10,12-13H2,(H2,23,27)(H,24,28)(H,25,29)/t17-,18+/m1/s1. The molecule has 0 aliphatic carbocycles. The highest BCUT2D eigenvalue weighted by Gasteiger charge is 2.26. The maximum atomic E-state index is 12.4. The number of hydrogen-bond donors (Lipinski definition) is 4. The first-order chi connectivity index (χ1) is 14.4. The number of hydrogen-bond acceptors (Lipinski definition) is 6. The zero-order valence-electron chi connectivity index (χ0n) is 16.1. The Morgan fingerprint density at radius 3 is 2.23 bits per heavy atom. The predicted octanol–water partition coefficient (Wildman–Crippen LogP) is 0.358. The van der Waals surface area contributed by atoms with Crippen LogP contribution in [0.4, 0.5) is 4.79 Å². The number of nitrogens with two attached hydrogens (primary N) is 1. The number of amides is 3. The van der Waals surface area contributed by atoms with Gasteiger partial charge in [0.2, 0.25) is 11.8 Å². The van der Waals surface area contributed by atoms with Gasteiger partial charge in [-0.2, -0.15) is 5.26 Å². The van der Waals surface area contributed by atoms with Gasteiger partial charge in [0, 0.05) is 6.42 Å². The Bertz CT molecular complexity index is 909. The van der Waals surface area contributed by atoms with Gasteiger partial charge in [0.15, 0.2) is 0 Å². The van der Waals surface area contributed by atoms with E-state index < -0.39 is 36.6 Å². The van der Waals surface area contributed by atoms with Crippen LogP contribution in [0.25, 0.3) is 0 Å². The average Bonchev–Trinajstić information content (AvgIpc) is 2.76. The van der Waals surface area contributed by atoms with Crippen LogP contribution in [0.2, 0.25) is 0 Å². The second kappa shape index (κ2) is 11.2. The molecule has 0 aliphatic rings. The van der Waals surface area contributed by atoms with E-state index in [1.54, 1.807) is 48.5 Å². The fraction of sp³-hybridized carbons (Fsp3) is 0.238. The van der Waals surface area contributed by atoms with Crippen molar-refractivity contribution in [3.8, 4) is 6.07 Å². The number of rotatable bonds is 9. The molecule has 0 saturated heterocycles. The Kier molecular flexibility index (Phi) is 8.35. The quantitative estimate of drug-likeness (QED) is 0.468. The molecule has 0 saturated carbocycles. The normalized spacial score (nSPS) is 12.1. The number of nitrogens with one attached hydrogen (secondary N) is 2. The van der Waals surface area contributed by atoms with Crippen LogP contribution >= 0.6 is 0 Å². The van der Waals surface area contributed by atoms with Crippen LogP contribution in [0.3, 0.4) is 0 Å². The summed E-state index contributed by atoms with van der Waals surface area (Å²) in [5.74, 6) is -1.57. The first-order valence-corrected chi connectivity index (χ1v) is 9.09. The average molecular weight is 410 g/mol. The molecule has 30 heavy (non-hydrogen) atoms.